The van der Waals surface area contributed by atoms with Crippen LogP contribution in [0.1, 0.15) is 36.5 Å². The second-order valence-corrected chi connectivity index (χ2v) is 9.62. The van der Waals surface area contributed by atoms with E-state index in [1.807, 2.05) is 0 Å². The van der Waals surface area contributed by atoms with Crippen LogP contribution in [0.4, 0.5) is 4.39 Å². The standard InChI is InChI=1S/C23H27FN2O5S/c1-17(27)18-7-9-20(10-8-18)32(29,30)26-14-11-19(12-15-26)23(28)25-13-4-16-31-22-6-3-2-5-21(22)24/h2-3,5-10,19H,4,11-16H2,1H3,(H,25,28). The summed E-state index contributed by atoms with van der Waals surface area (Å²) < 4.78 is 45.9. The lowest BCUT2D eigenvalue weighted by molar-refractivity contribution is -0.126. The summed E-state index contributed by atoms with van der Waals surface area (Å²) in [6.45, 7) is 2.61. The molecule has 1 aliphatic heterocycles. The number of piperidine rings is 1. The summed E-state index contributed by atoms with van der Waals surface area (Å²) >= 11 is 0. The van der Waals surface area contributed by atoms with E-state index in [-0.39, 0.29) is 47.9 Å². The van der Waals surface area contributed by atoms with Crippen LogP contribution in [0.5, 0.6) is 5.75 Å². The van der Waals surface area contributed by atoms with E-state index in [4.69, 9.17) is 4.74 Å². The minimum absolute atomic E-state index is 0.112. The molecule has 0 aliphatic carbocycles. The van der Waals surface area contributed by atoms with Crippen molar-refractivity contribution in [3.8, 4) is 5.75 Å². The first-order valence-corrected chi connectivity index (χ1v) is 12.0. The molecule has 32 heavy (non-hydrogen) atoms. The van der Waals surface area contributed by atoms with Gasteiger partial charge in [-0.05, 0) is 50.5 Å². The van der Waals surface area contributed by atoms with Gasteiger partial charge in [0.1, 0.15) is 0 Å². The van der Waals surface area contributed by atoms with Crippen LogP contribution in [-0.2, 0) is 14.8 Å². The van der Waals surface area contributed by atoms with Crippen molar-refractivity contribution in [3.05, 3.63) is 59.9 Å². The van der Waals surface area contributed by atoms with Crippen LogP contribution in [-0.4, -0.2) is 50.7 Å². The number of rotatable bonds is 9. The van der Waals surface area contributed by atoms with Crippen LogP contribution in [0.15, 0.2) is 53.4 Å². The van der Waals surface area contributed by atoms with E-state index >= 15 is 0 Å². The number of ether oxygens (including phenoxy) is 1. The average Bonchev–Trinajstić information content (AvgIpc) is 2.80. The normalized spacial score (nSPS) is 15.3. The minimum Gasteiger partial charge on any atom is -0.490 e. The minimum atomic E-state index is -3.66. The Bertz CT molecular complexity index is 1050. The number of hydrogen-bond acceptors (Lipinski definition) is 5. The molecule has 0 radical (unpaired) electrons. The fourth-order valence-electron chi connectivity index (χ4n) is 3.54. The number of sulfonamides is 1. The monoisotopic (exact) mass is 462 g/mol. The number of nitrogens with zero attached hydrogens (tertiary/aromatic N) is 1. The molecular formula is C23H27FN2O5S. The molecule has 1 N–H and O–H groups in total. The molecule has 2 aromatic rings. The lowest BCUT2D eigenvalue weighted by atomic mass is 9.97. The van der Waals surface area contributed by atoms with Crippen LogP contribution in [0.2, 0.25) is 0 Å². The number of Topliss-reactive ketones (excluding diaryl/α,β-unsaturated/α-hetero) is 1. The lowest BCUT2D eigenvalue weighted by Crippen LogP contribution is -2.43. The van der Waals surface area contributed by atoms with E-state index in [2.05, 4.69) is 5.32 Å². The largest absolute Gasteiger partial charge is 0.490 e. The summed E-state index contributed by atoms with van der Waals surface area (Å²) in [5.41, 5.74) is 0.457. The Morgan fingerprint density at radius 2 is 1.75 bits per heavy atom. The number of hydrogen-bond donors (Lipinski definition) is 1. The highest BCUT2D eigenvalue weighted by Gasteiger charge is 2.32. The molecule has 1 aliphatic rings. The lowest BCUT2D eigenvalue weighted by Gasteiger charge is -2.30. The van der Waals surface area contributed by atoms with Gasteiger partial charge < -0.3 is 10.1 Å². The van der Waals surface area contributed by atoms with Gasteiger partial charge in [-0.2, -0.15) is 4.31 Å². The molecular weight excluding hydrogens is 435 g/mol. The first kappa shape index (κ1) is 23.9. The predicted molar refractivity (Wildman–Crippen MR) is 117 cm³/mol. The van der Waals surface area contributed by atoms with Crippen LogP contribution in [0, 0.1) is 11.7 Å². The van der Waals surface area contributed by atoms with Crippen molar-refractivity contribution in [2.45, 2.75) is 31.1 Å². The van der Waals surface area contributed by atoms with Gasteiger partial charge in [0.25, 0.3) is 0 Å². The van der Waals surface area contributed by atoms with Gasteiger partial charge in [-0.15, -0.1) is 0 Å². The number of para-hydroxylation sites is 1. The van der Waals surface area contributed by atoms with E-state index in [0.29, 0.717) is 31.4 Å². The third kappa shape index (κ3) is 5.92. The molecule has 0 spiro atoms. The van der Waals surface area contributed by atoms with Gasteiger partial charge >= 0.3 is 0 Å². The van der Waals surface area contributed by atoms with Crippen molar-refractivity contribution in [2.75, 3.05) is 26.2 Å². The highest BCUT2D eigenvalue weighted by molar-refractivity contribution is 7.89. The second-order valence-electron chi connectivity index (χ2n) is 7.68. The Balaban J connectivity index is 1.42. The van der Waals surface area contributed by atoms with Crippen molar-refractivity contribution >= 4 is 21.7 Å². The summed E-state index contributed by atoms with van der Waals surface area (Å²) in [5, 5.41) is 2.84. The summed E-state index contributed by atoms with van der Waals surface area (Å²) in [7, 11) is -3.66. The first-order chi connectivity index (χ1) is 15.3. The number of ketones is 1. The van der Waals surface area contributed by atoms with Crippen molar-refractivity contribution in [3.63, 3.8) is 0 Å². The zero-order chi connectivity index (χ0) is 23.1. The molecule has 9 heteroatoms. The first-order valence-electron chi connectivity index (χ1n) is 10.5. The Hall–Kier alpha value is -2.78. The predicted octanol–water partition coefficient (Wildman–Crippen LogP) is 3.01. The van der Waals surface area contributed by atoms with E-state index in [1.54, 1.807) is 18.2 Å². The topological polar surface area (TPSA) is 92.8 Å². The Labute approximate surface area is 187 Å². The van der Waals surface area contributed by atoms with E-state index in [0.717, 1.165) is 0 Å². The van der Waals surface area contributed by atoms with Crippen LogP contribution in [0.25, 0.3) is 0 Å². The van der Waals surface area contributed by atoms with E-state index in [1.165, 1.54) is 41.6 Å². The fraction of sp³-hybridized carbons (Fsp3) is 0.391. The van der Waals surface area contributed by atoms with Crippen LogP contribution >= 0.6 is 0 Å². The van der Waals surface area contributed by atoms with Crippen molar-refractivity contribution in [1.82, 2.24) is 9.62 Å². The van der Waals surface area contributed by atoms with Crippen LogP contribution in [0.3, 0.4) is 0 Å². The molecule has 2 aromatic carbocycles. The van der Waals surface area contributed by atoms with Gasteiger partial charge in [0, 0.05) is 31.1 Å². The molecule has 0 saturated carbocycles. The molecule has 0 atom stereocenters. The molecule has 1 heterocycles. The molecule has 7 nitrogen and oxygen atoms in total. The van der Waals surface area contributed by atoms with Gasteiger partial charge in [-0.3, -0.25) is 9.59 Å². The second kappa shape index (κ2) is 10.7. The Morgan fingerprint density at radius 3 is 2.38 bits per heavy atom. The van der Waals surface area contributed by atoms with Crippen molar-refractivity contribution < 1.29 is 27.1 Å². The highest BCUT2D eigenvalue weighted by Crippen LogP contribution is 2.24. The van der Waals surface area contributed by atoms with Gasteiger partial charge in [-0.1, -0.05) is 24.3 Å². The summed E-state index contributed by atoms with van der Waals surface area (Å²) in [6.07, 6.45) is 1.40. The zero-order valence-electron chi connectivity index (χ0n) is 17.9. The molecule has 0 aromatic heterocycles. The molecule has 0 unspecified atom stereocenters. The number of carbonyl (C=O) groups is 2. The van der Waals surface area contributed by atoms with Crippen molar-refractivity contribution in [1.29, 1.82) is 0 Å². The van der Waals surface area contributed by atoms with Gasteiger partial charge in [0.2, 0.25) is 15.9 Å². The van der Waals surface area contributed by atoms with Gasteiger partial charge in [-0.25, -0.2) is 12.8 Å². The quantitative estimate of drug-likeness (QED) is 0.457. The maximum atomic E-state index is 13.5. The molecule has 172 valence electrons. The summed E-state index contributed by atoms with van der Waals surface area (Å²) in [5.74, 6) is -0.733. The average molecular weight is 463 g/mol. The number of amides is 1. The van der Waals surface area contributed by atoms with E-state index < -0.39 is 15.8 Å². The number of benzene rings is 2. The van der Waals surface area contributed by atoms with E-state index in [9.17, 15) is 22.4 Å². The zero-order valence-corrected chi connectivity index (χ0v) is 18.7. The number of carbonyl (C=O) groups excluding carboxylic acids is 2. The summed E-state index contributed by atoms with van der Waals surface area (Å²) in [4.78, 5) is 23.9. The molecule has 0 bridgehead atoms. The molecule has 1 saturated heterocycles. The van der Waals surface area contributed by atoms with Gasteiger partial charge in [0.15, 0.2) is 17.3 Å². The maximum absolute atomic E-state index is 13.5. The fourth-order valence-corrected chi connectivity index (χ4v) is 5.01. The number of nitrogens with one attached hydrogen (secondary N) is 1. The van der Waals surface area contributed by atoms with Gasteiger partial charge in [0.05, 0.1) is 11.5 Å². The highest BCUT2D eigenvalue weighted by atomic mass is 32.2. The molecule has 1 fully saturated rings. The Morgan fingerprint density at radius 1 is 1.09 bits per heavy atom. The SMILES string of the molecule is CC(=O)c1ccc(S(=O)(=O)N2CCC(C(=O)NCCCOc3ccccc3F)CC2)cc1. The Kier molecular flexibility index (Phi) is 7.98. The third-order valence-corrected chi connectivity index (χ3v) is 7.35. The van der Waals surface area contributed by atoms with Crippen molar-refractivity contribution in [2.24, 2.45) is 5.92 Å². The number of halogens is 1. The molecule has 3 rings (SSSR count). The van der Waals surface area contributed by atoms with Crippen LogP contribution < -0.4 is 10.1 Å². The summed E-state index contributed by atoms with van der Waals surface area (Å²) in [6, 6.07) is 12.0. The molecule has 1 amide bonds. The third-order valence-electron chi connectivity index (χ3n) is 5.44. The maximum Gasteiger partial charge on any atom is 0.243 e. The smallest absolute Gasteiger partial charge is 0.243 e.